The van der Waals surface area contributed by atoms with Crippen molar-refractivity contribution in [2.24, 2.45) is 5.92 Å². The van der Waals surface area contributed by atoms with Crippen LogP contribution < -0.4 is 5.32 Å². The number of carbonyl (C=O) groups excluding carboxylic acids is 2. The second kappa shape index (κ2) is 5.14. The average molecular weight is 299 g/mol. The summed E-state index contributed by atoms with van der Waals surface area (Å²) in [4.78, 5) is 29.7. The monoisotopic (exact) mass is 299 g/mol. The Morgan fingerprint density at radius 3 is 3.05 bits per heavy atom. The molecule has 6 heteroatoms. The lowest BCUT2D eigenvalue weighted by Gasteiger charge is -2.27. The van der Waals surface area contributed by atoms with Gasteiger partial charge in [-0.1, -0.05) is 0 Å². The lowest BCUT2D eigenvalue weighted by atomic mass is 10.1. The van der Waals surface area contributed by atoms with Gasteiger partial charge in [-0.15, -0.1) is 0 Å². The van der Waals surface area contributed by atoms with Crippen LogP contribution in [0.4, 0.5) is 0 Å². The standard InChI is InChI=1S/C16H17N3O3/c20-15-12-6-19(7-13(18-15)9-22-8-12)16(21)11-1-2-14-10(5-11)3-4-17-14/h1-5,12-13,17H,6-9H2,(H,18,20)/t12-,13+/m1/s1. The van der Waals surface area contributed by atoms with Crippen molar-refractivity contribution < 1.29 is 14.3 Å². The molecule has 22 heavy (non-hydrogen) atoms. The van der Waals surface area contributed by atoms with Gasteiger partial charge < -0.3 is 19.9 Å². The summed E-state index contributed by atoms with van der Waals surface area (Å²) in [5.41, 5.74) is 1.66. The second-order valence-corrected chi connectivity index (χ2v) is 5.93. The van der Waals surface area contributed by atoms with E-state index in [2.05, 4.69) is 10.3 Å². The van der Waals surface area contributed by atoms with E-state index in [1.165, 1.54) is 0 Å². The molecule has 1 aromatic carbocycles. The molecule has 2 atom stereocenters. The molecule has 0 unspecified atom stereocenters. The zero-order chi connectivity index (χ0) is 15.1. The molecule has 1 aromatic heterocycles. The maximum atomic E-state index is 12.8. The van der Waals surface area contributed by atoms with Crippen LogP contribution >= 0.6 is 0 Å². The largest absolute Gasteiger partial charge is 0.378 e. The first-order valence-corrected chi connectivity index (χ1v) is 7.45. The van der Waals surface area contributed by atoms with Gasteiger partial charge in [-0.2, -0.15) is 0 Å². The second-order valence-electron chi connectivity index (χ2n) is 5.93. The molecule has 3 heterocycles. The molecule has 4 rings (SSSR count). The zero-order valence-electron chi connectivity index (χ0n) is 12.0. The molecular formula is C16H17N3O3. The SMILES string of the molecule is O=C1N[C@@H]2COC[C@H]1CN(C(=O)c1ccc3[nH]ccc3c1)C2. The van der Waals surface area contributed by atoms with Crippen LogP contribution in [0.3, 0.4) is 0 Å². The van der Waals surface area contributed by atoms with Crippen molar-refractivity contribution >= 4 is 22.7 Å². The summed E-state index contributed by atoms with van der Waals surface area (Å²) in [6.45, 7) is 1.74. The van der Waals surface area contributed by atoms with Crippen molar-refractivity contribution in [1.82, 2.24) is 15.2 Å². The van der Waals surface area contributed by atoms with Crippen molar-refractivity contribution in [3.63, 3.8) is 0 Å². The van der Waals surface area contributed by atoms with Gasteiger partial charge in [0, 0.05) is 35.8 Å². The molecule has 2 fully saturated rings. The number of rotatable bonds is 1. The van der Waals surface area contributed by atoms with Crippen LogP contribution in [0.1, 0.15) is 10.4 Å². The first-order valence-electron chi connectivity index (χ1n) is 7.45. The van der Waals surface area contributed by atoms with E-state index in [-0.39, 0.29) is 23.8 Å². The van der Waals surface area contributed by atoms with Crippen LogP contribution in [0.5, 0.6) is 0 Å². The van der Waals surface area contributed by atoms with Crippen LogP contribution in [0.25, 0.3) is 10.9 Å². The highest BCUT2D eigenvalue weighted by Crippen LogP contribution is 2.19. The summed E-state index contributed by atoms with van der Waals surface area (Å²) >= 11 is 0. The van der Waals surface area contributed by atoms with Gasteiger partial charge in [0.2, 0.25) is 5.91 Å². The summed E-state index contributed by atoms with van der Waals surface area (Å²) in [5, 5.41) is 3.95. The molecule has 2 aliphatic rings. The number of fused-ring (bicyclic) bond motifs is 4. The Morgan fingerprint density at radius 2 is 2.14 bits per heavy atom. The fourth-order valence-corrected chi connectivity index (χ4v) is 3.16. The average Bonchev–Trinajstić information content (AvgIpc) is 2.82. The molecule has 114 valence electrons. The Bertz CT molecular complexity index is 739. The van der Waals surface area contributed by atoms with E-state index in [1.54, 1.807) is 4.90 Å². The summed E-state index contributed by atoms with van der Waals surface area (Å²) < 4.78 is 5.49. The maximum Gasteiger partial charge on any atom is 0.253 e. The molecule has 0 radical (unpaired) electrons. The van der Waals surface area contributed by atoms with Crippen molar-refractivity contribution in [3.05, 3.63) is 36.0 Å². The van der Waals surface area contributed by atoms with Crippen LogP contribution in [0.15, 0.2) is 30.5 Å². The number of carbonyl (C=O) groups is 2. The predicted octanol–water partition coefficient (Wildman–Crippen LogP) is 0.755. The smallest absolute Gasteiger partial charge is 0.253 e. The number of ether oxygens (including phenoxy) is 1. The number of hydrogen-bond acceptors (Lipinski definition) is 3. The molecule has 2 N–H and O–H groups in total. The lowest BCUT2D eigenvalue weighted by Crippen LogP contribution is -2.44. The van der Waals surface area contributed by atoms with Crippen molar-refractivity contribution in [3.8, 4) is 0 Å². The zero-order valence-corrected chi connectivity index (χ0v) is 12.0. The Hall–Kier alpha value is -2.34. The summed E-state index contributed by atoms with van der Waals surface area (Å²) in [5.74, 6) is -0.331. The van der Waals surface area contributed by atoms with E-state index >= 15 is 0 Å². The van der Waals surface area contributed by atoms with E-state index in [4.69, 9.17) is 4.74 Å². The maximum absolute atomic E-state index is 12.8. The Kier molecular flexibility index (Phi) is 3.11. The van der Waals surface area contributed by atoms with Gasteiger partial charge in [0.15, 0.2) is 0 Å². The molecule has 2 bridgehead atoms. The van der Waals surface area contributed by atoms with Gasteiger partial charge >= 0.3 is 0 Å². The molecule has 0 spiro atoms. The normalized spacial score (nSPS) is 24.9. The first kappa shape index (κ1) is 13.3. The lowest BCUT2D eigenvalue weighted by molar-refractivity contribution is -0.125. The van der Waals surface area contributed by atoms with Crippen molar-refractivity contribution in [2.45, 2.75) is 6.04 Å². The predicted molar refractivity (Wildman–Crippen MR) is 80.4 cm³/mol. The van der Waals surface area contributed by atoms with E-state index in [0.717, 1.165) is 10.9 Å². The minimum atomic E-state index is -0.285. The van der Waals surface area contributed by atoms with Crippen LogP contribution in [0, 0.1) is 5.92 Å². The Labute approximate surface area is 127 Å². The molecule has 2 saturated heterocycles. The summed E-state index contributed by atoms with van der Waals surface area (Å²) in [6.07, 6.45) is 1.86. The van der Waals surface area contributed by atoms with E-state index < -0.39 is 0 Å². The fourth-order valence-electron chi connectivity index (χ4n) is 3.16. The van der Waals surface area contributed by atoms with Gasteiger partial charge in [0.1, 0.15) is 0 Å². The Balaban J connectivity index is 1.62. The highest BCUT2D eigenvalue weighted by molar-refractivity contribution is 5.98. The van der Waals surface area contributed by atoms with Crippen molar-refractivity contribution in [1.29, 1.82) is 0 Å². The number of aromatic amines is 1. The van der Waals surface area contributed by atoms with Crippen LogP contribution in [-0.2, 0) is 9.53 Å². The molecule has 0 saturated carbocycles. The van der Waals surface area contributed by atoms with Crippen LogP contribution in [-0.4, -0.2) is 54.0 Å². The van der Waals surface area contributed by atoms with Gasteiger partial charge in [-0.3, -0.25) is 9.59 Å². The number of aromatic nitrogens is 1. The van der Waals surface area contributed by atoms with E-state index in [1.807, 2.05) is 30.5 Å². The highest BCUT2D eigenvalue weighted by Gasteiger charge is 2.35. The molecule has 0 aliphatic carbocycles. The summed E-state index contributed by atoms with van der Waals surface area (Å²) in [6, 6.07) is 7.45. The van der Waals surface area contributed by atoms with Crippen molar-refractivity contribution in [2.75, 3.05) is 26.3 Å². The van der Waals surface area contributed by atoms with Gasteiger partial charge in [0.05, 0.1) is 25.2 Å². The fraction of sp³-hybridized carbons (Fsp3) is 0.375. The number of nitrogens with zero attached hydrogens (tertiary/aromatic N) is 1. The first-order chi connectivity index (χ1) is 10.7. The Morgan fingerprint density at radius 1 is 1.23 bits per heavy atom. The third-order valence-corrected chi connectivity index (χ3v) is 4.32. The minimum Gasteiger partial charge on any atom is -0.378 e. The van der Waals surface area contributed by atoms with E-state index in [9.17, 15) is 9.59 Å². The topological polar surface area (TPSA) is 74.4 Å². The summed E-state index contributed by atoms with van der Waals surface area (Å²) in [7, 11) is 0. The molecule has 6 nitrogen and oxygen atoms in total. The van der Waals surface area contributed by atoms with Crippen LogP contribution in [0.2, 0.25) is 0 Å². The van der Waals surface area contributed by atoms with E-state index in [0.29, 0.717) is 31.9 Å². The third-order valence-electron chi connectivity index (χ3n) is 4.32. The number of benzene rings is 1. The highest BCUT2D eigenvalue weighted by atomic mass is 16.5. The molecule has 2 aliphatic heterocycles. The number of hydrogen-bond donors (Lipinski definition) is 2. The number of nitrogens with one attached hydrogen (secondary N) is 2. The molecule has 2 aromatic rings. The molecular weight excluding hydrogens is 282 g/mol. The van der Waals surface area contributed by atoms with Gasteiger partial charge in [-0.25, -0.2) is 0 Å². The number of H-pyrrole nitrogens is 1. The molecule has 2 amide bonds. The van der Waals surface area contributed by atoms with Gasteiger partial charge in [0.25, 0.3) is 5.91 Å². The quantitative estimate of drug-likeness (QED) is 0.816. The number of amides is 2. The van der Waals surface area contributed by atoms with Gasteiger partial charge in [-0.05, 0) is 24.3 Å². The third kappa shape index (κ3) is 2.25. The minimum absolute atomic E-state index is 0.0149.